The van der Waals surface area contributed by atoms with Gasteiger partial charge in [0.1, 0.15) is 0 Å². The number of hydrogen-bond donors (Lipinski definition) is 2. The Morgan fingerprint density at radius 3 is 2.78 bits per heavy atom. The third kappa shape index (κ3) is 4.93. The maximum absolute atomic E-state index is 13.6. The van der Waals surface area contributed by atoms with Crippen LogP contribution in [0.1, 0.15) is 30.5 Å². The number of methoxy groups -OCH3 is 1. The Balaban J connectivity index is 1.33. The number of rotatable bonds is 7. The van der Waals surface area contributed by atoms with Crippen LogP contribution in [0.15, 0.2) is 30.3 Å². The van der Waals surface area contributed by atoms with Crippen LogP contribution >= 0.6 is 11.3 Å². The Kier molecular flexibility index (Phi) is 6.45. The standard InChI is InChI=1S/C21H24FN7O2S/c1-12-4-7-18(26-25-12)29-9-8-15(11-29)23-20-27-28-21(32-20)24-19(30)13(2)14-5-6-16(22)17(10-14)31-3/h4-7,10,13,15H,8-9,11H2,1-3H3,(H,23,27)(H,24,28,30)/t13-,15-/m1/s1. The molecule has 2 atom stereocenters. The molecule has 0 spiro atoms. The second-order valence-electron chi connectivity index (χ2n) is 7.63. The number of aromatic nitrogens is 4. The SMILES string of the molecule is COc1cc([C@@H](C)C(=O)Nc2nnc(N[C@@H]3CCN(c4ccc(C)nn4)C3)s2)ccc1F. The fourth-order valence-electron chi connectivity index (χ4n) is 3.46. The summed E-state index contributed by atoms with van der Waals surface area (Å²) in [7, 11) is 1.39. The number of halogens is 1. The van der Waals surface area contributed by atoms with Crippen molar-refractivity contribution in [2.45, 2.75) is 32.2 Å². The van der Waals surface area contributed by atoms with Gasteiger partial charge >= 0.3 is 0 Å². The smallest absolute Gasteiger partial charge is 0.233 e. The van der Waals surface area contributed by atoms with Gasteiger partial charge in [0.05, 0.1) is 18.7 Å². The number of carbonyl (C=O) groups is 1. The van der Waals surface area contributed by atoms with E-state index in [0.29, 0.717) is 15.8 Å². The van der Waals surface area contributed by atoms with Crippen LogP contribution in [0.4, 0.5) is 20.5 Å². The Bertz CT molecular complexity index is 1090. The lowest BCUT2D eigenvalue weighted by Crippen LogP contribution is -2.26. The molecule has 2 aromatic heterocycles. The molecule has 3 heterocycles. The normalized spacial score (nSPS) is 16.6. The highest BCUT2D eigenvalue weighted by Gasteiger charge is 2.25. The first-order valence-corrected chi connectivity index (χ1v) is 11.0. The quantitative estimate of drug-likeness (QED) is 0.557. The molecule has 1 fully saturated rings. The van der Waals surface area contributed by atoms with Gasteiger partial charge in [-0.2, -0.15) is 5.10 Å². The number of anilines is 3. The van der Waals surface area contributed by atoms with E-state index in [4.69, 9.17) is 4.74 Å². The second kappa shape index (κ2) is 9.43. The van der Waals surface area contributed by atoms with Crippen molar-refractivity contribution >= 4 is 33.3 Å². The lowest BCUT2D eigenvalue weighted by molar-refractivity contribution is -0.117. The van der Waals surface area contributed by atoms with E-state index >= 15 is 0 Å². The Morgan fingerprint density at radius 1 is 1.22 bits per heavy atom. The molecule has 0 aliphatic carbocycles. The van der Waals surface area contributed by atoms with E-state index in [-0.39, 0.29) is 17.7 Å². The summed E-state index contributed by atoms with van der Waals surface area (Å²) >= 11 is 1.27. The van der Waals surface area contributed by atoms with Crippen molar-refractivity contribution in [3.05, 3.63) is 47.4 Å². The monoisotopic (exact) mass is 457 g/mol. The molecule has 1 aliphatic heterocycles. The highest BCUT2D eigenvalue weighted by Crippen LogP contribution is 2.27. The molecule has 1 amide bonds. The predicted octanol–water partition coefficient (Wildman–Crippen LogP) is 3.22. The van der Waals surface area contributed by atoms with E-state index in [1.54, 1.807) is 13.0 Å². The van der Waals surface area contributed by atoms with Gasteiger partial charge in [-0.3, -0.25) is 10.1 Å². The van der Waals surface area contributed by atoms with Crippen molar-refractivity contribution in [1.29, 1.82) is 0 Å². The zero-order valence-corrected chi connectivity index (χ0v) is 18.8. The fraction of sp³-hybridized carbons (Fsp3) is 0.381. The lowest BCUT2D eigenvalue weighted by atomic mass is 10.00. The topological polar surface area (TPSA) is 105 Å². The number of aryl methyl sites for hydroxylation is 1. The van der Waals surface area contributed by atoms with E-state index in [0.717, 1.165) is 31.0 Å². The molecule has 1 aromatic carbocycles. The first-order valence-electron chi connectivity index (χ1n) is 10.2. The summed E-state index contributed by atoms with van der Waals surface area (Å²) in [4.78, 5) is 14.8. The molecule has 11 heteroatoms. The molecule has 0 radical (unpaired) electrons. The number of nitrogens with one attached hydrogen (secondary N) is 2. The highest BCUT2D eigenvalue weighted by atomic mass is 32.1. The lowest BCUT2D eigenvalue weighted by Gasteiger charge is -2.16. The van der Waals surface area contributed by atoms with Crippen molar-refractivity contribution in [2.75, 3.05) is 35.7 Å². The number of amides is 1. The van der Waals surface area contributed by atoms with Crippen LogP contribution in [0.25, 0.3) is 0 Å². The number of ether oxygens (including phenoxy) is 1. The average Bonchev–Trinajstić information content (AvgIpc) is 3.44. The van der Waals surface area contributed by atoms with Crippen LogP contribution in [-0.4, -0.2) is 52.5 Å². The molecule has 2 N–H and O–H groups in total. The summed E-state index contributed by atoms with van der Waals surface area (Å²) in [6.07, 6.45) is 0.931. The summed E-state index contributed by atoms with van der Waals surface area (Å²) in [6.45, 7) is 5.30. The van der Waals surface area contributed by atoms with Gasteiger partial charge in [-0.25, -0.2) is 4.39 Å². The maximum atomic E-state index is 13.6. The van der Waals surface area contributed by atoms with Crippen LogP contribution in [-0.2, 0) is 4.79 Å². The number of carbonyl (C=O) groups excluding carboxylic acids is 1. The Labute approximate surface area is 189 Å². The van der Waals surface area contributed by atoms with E-state index in [2.05, 4.69) is 35.9 Å². The minimum Gasteiger partial charge on any atom is -0.494 e. The van der Waals surface area contributed by atoms with E-state index < -0.39 is 11.7 Å². The van der Waals surface area contributed by atoms with Crippen molar-refractivity contribution in [1.82, 2.24) is 20.4 Å². The van der Waals surface area contributed by atoms with Gasteiger partial charge in [0.15, 0.2) is 17.4 Å². The van der Waals surface area contributed by atoms with Crippen LogP contribution in [0.2, 0.25) is 0 Å². The largest absolute Gasteiger partial charge is 0.494 e. The summed E-state index contributed by atoms with van der Waals surface area (Å²) < 4.78 is 18.6. The molecule has 3 aromatic rings. The summed E-state index contributed by atoms with van der Waals surface area (Å²) in [5.41, 5.74) is 1.54. The van der Waals surface area contributed by atoms with Gasteiger partial charge in [-0.15, -0.1) is 15.3 Å². The van der Waals surface area contributed by atoms with E-state index in [1.807, 2.05) is 19.1 Å². The van der Waals surface area contributed by atoms with Crippen LogP contribution in [0.5, 0.6) is 5.75 Å². The molecule has 0 unspecified atom stereocenters. The highest BCUT2D eigenvalue weighted by molar-refractivity contribution is 7.19. The Hall–Kier alpha value is -3.34. The predicted molar refractivity (Wildman–Crippen MR) is 121 cm³/mol. The average molecular weight is 458 g/mol. The summed E-state index contributed by atoms with van der Waals surface area (Å²) in [5, 5.41) is 23.8. The van der Waals surface area contributed by atoms with Gasteiger partial charge < -0.3 is 15.0 Å². The molecule has 168 valence electrons. The minimum absolute atomic E-state index is 0.103. The minimum atomic E-state index is -0.510. The van der Waals surface area contributed by atoms with E-state index in [1.165, 1.54) is 30.6 Å². The number of benzene rings is 1. The number of hydrogen-bond acceptors (Lipinski definition) is 9. The zero-order valence-electron chi connectivity index (χ0n) is 18.0. The third-order valence-corrected chi connectivity index (χ3v) is 6.12. The van der Waals surface area contributed by atoms with Crippen molar-refractivity contribution in [3.63, 3.8) is 0 Å². The molecule has 0 saturated carbocycles. The molecular weight excluding hydrogens is 433 g/mol. The van der Waals surface area contributed by atoms with Gasteiger partial charge in [-0.1, -0.05) is 17.4 Å². The summed E-state index contributed by atoms with van der Waals surface area (Å²) in [6, 6.07) is 8.50. The molecular formula is C21H24FN7O2S. The molecule has 0 bridgehead atoms. The molecule has 1 aliphatic rings. The molecule has 1 saturated heterocycles. The van der Waals surface area contributed by atoms with Crippen LogP contribution in [0.3, 0.4) is 0 Å². The van der Waals surface area contributed by atoms with Gasteiger partial charge in [-0.05, 0) is 50.1 Å². The van der Waals surface area contributed by atoms with Gasteiger partial charge in [0.2, 0.25) is 16.2 Å². The number of nitrogens with zero attached hydrogens (tertiary/aromatic N) is 5. The first kappa shape index (κ1) is 21.9. The van der Waals surface area contributed by atoms with E-state index in [9.17, 15) is 9.18 Å². The molecule has 32 heavy (non-hydrogen) atoms. The van der Waals surface area contributed by atoms with Gasteiger partial charge in [0.25, 0.3) is 0 Å². The maximum Gasteiger partial charge on any atom is 0.233 e. The second-order valence-corrected chi connectivity index (χ2v) is 8.60. The first-order chi connectivity index (χ1) is 15.4. The Morgan fingerprint density at radius 2 is 2.03 bits per heavy atom. The van der Waals surface area contributed by atoms with Crippen LogP contribution < -0.4 is 20.3 Å². The molecule has 9 nitrogen and oxygen atoms in total. The third-order valence-electron chi connectivity index (χ3n) is 5.35. The summed E-state index contributed by atoms with van der Waals surface area (Å²) in [5.74, 6) is -0.276. The van der Waals surface area contributed by atoms with Crippen molar-refractivity contribution in [2.24, 2.45) is 0 Å². The van der Waals surface area contributed by atoms with Crippen molar-refractivity contribution in [3.8, 4) is 5.75 Å². The fourth-order valence-corrected chi connectivity index (χ4v) is 4.19. The zero-order chi connectivity index (χ0) is 22.7. The van der Waals surface area contributed by atoms with Gasteiger partial charge in [0, 0.05) is 19.1 Å². The van der Waals surface area contributed by atoms with Crippen LogP contribution in [0, 0.1) is 12.7 Å². The van der Waals surface area contributed by atoms with Crippen molar-refractivity contribution < 1.29 is 13.9 Å². The molecule has 4 rings (SSSR count).